The Kier molecular flexibility index (Phi) is 7.35. The number of carbonyl (C=O) groups is 2. The van der Waals surface area contributed by atoms with Crippen molar-refractivity contribution in [3.8, 4) is 5.75 Å². The van der Waals surface area contributed by atoms with E-state index in [1.54, 1.807) is 12.1 Å². The first kappa shape index (κ1) is 18.1. The van der Waals surface area contributed by atoms with E-state index in [-0.39, 0.29) is 12.5 Å². The molecule has 2 amide bonds. The fourth-order valence-corrected chi connectivity index (χ4v) is 2.38. The van der Waals surface area contributed by atoms with Gasteiger partial charge in [-0.1, -0.05) is 0 Å². The van der Waals surface area contributed by atoms with Crippen molar-refractivity contribution in [1.29, 1.82) is 0 Å². The second-order valence-electron chi connectivity index (χ2n) is 5.77. The fourth-order valence-electron chi connectivity index (χ4n) is 2.38. The third-order valence-electron chi connectivity index (χ3n) is 3.79. The normalized spacial score (nSPS) is 14.8. The van der Waals surface area contributed by atoms with Gasteiger partial charge in [0.1, 0.15) is 5.75 Å². The van der Waals surface area contributed by atoms with Crippen molar-refractivity contribution in [2.45, 2.75) is 25.7 Å². The topological polar surface area (TPSA) is 96.9 Å². The van der Waals surface area contributed by atoms with Gasteiger partial charge >= 0.3 is 12.0 Å². The number of carbonyl (C=O) groups excluding carboxylic acids is 1. The number of rotatable bonds is 8. The first-order chi connectivity index (χ1) is 11.6. The maximum absolute atomic E-state index is 11.7. The molecule has 0 aromatic heterocycles. The number of ether oxygens (including phenoxy) is 2. The van der Waals surface area contributed by atoms with Crippen LogP contribution in [0.4, 0.5) is 10.5 Å². The molecule has 24 heavy (non-hydrogen) atoms. The molecule has 1 aliphatic heterocycles. The van der Waals surface area contributed by atoms with Crippen LogP contribution in [0, 0.1) is 5.92 Å². The summed E-state index contributed by atoms with van der Waals surface area (Å²) in [5.41, 5.74) is 0.657. The molecule has 0 bridgehead atoms. The van der Waals surface area contributed by atoms with Crippen LogP contribution >= 0.6 is 0 Å². The number of carboxylic acid groups (broad SMARTS) is 1. The minimum atomic E-state index is -0.867. The van der Waals surface area contributed by atoms with Crippen molar-refractivity contribution in [1.82, 2.24) is 5.32 Å². The first-order valence-corrected chi connectivity index (χ1v) is 8.21. The highest BCUT2D eigenvalue weighted by molar-refractivity contribution is 5.89. The van der Waals surface area contributed by atoms with E-state index in [2.05, 4.69) is 10.6 Å². The molecule has 2 rings (SSSR count). The van der Waals surface area contributed by atoms with Crippen LogP contribution < -0.4 is 15.4 Å². The summed E-state index contributed by atoms with van der Waals surface area (Å²) in [7, 11) is 0. The van der Waals surface area contributed by atoms with Crippen molar-refractivity contribution in [3.63, 3.8) is 0 Å². The van der Waals surface area contributed by atoms with Gasteiger partial charge in [-0.15, -0.1) is 0 Å². The Bertz CT molecular complexity index is 526. The monoisotopic (exact) mass is 336 g/mol. The number of urea groups is 1. The molecule has 132 valence electrons. The SMILES string of the molecule is O=C(O)CCCNC(=O)Nc1ccc(OCC2CCOCC2)cc1. The fraction of sp³-hybridized carbons (Fsp3) is 0.529. The van der Waals surface area contributed by atoms with Crippen LogP contribution in [0.3, 0.4) is 0 Å². The Morgan fingerprint density at radius 1 is 1.21 bits per heavy atom. The number of carboxylic acids is 1. The van der Waals surface area contributed by atoms with Crippen LogP contribution in [0.5, 0.6) is 5.75 Å². The highest BCUT2D eigenvalue weighted by atomic mass is 16.5. The van der Waals surface area contributed by atoms with E-state index in [4.69, 9.17) is 14.6 Å². The van der Waals surface area contributed by atoms with Gasteiger partial charge in [0.15, 0.2) is 0 Å². The van der Waals surface area contributed by atoms with Gasteiger partial charge in [0.05, 0.1) is 6.61 Å². The molecule has 0 saturated carbocycles. The van der Waals surface area contributed by atoms with E-state index in [9.17, 15) is 9.59 Å². The van der Waals surface area contributed by atoms with Gasteiger partial charge in [-0.2, -0.15) is 0 Å². The molecule has 0 unspecified atom stereocenters. The molecular formula is C17H24N2O5. The molecule has 1 saturated heterocycles. The summed E-state index contributed by atoms with van der Waals surface area (Å²) in [4.78, 5) is 22.0. The Morgan fingerprint density at radius 3 is 2.58 bits per heavy atom. The van der Waals surface area contributed by atoms with Crippen LogP contribution in [-0.4, -0.2) is 43.5 Å². The third-order valence-corrected chi connectivity index (χ3v) is 3.79. The average molecular weight is 336 g/mol. The van der Waals surface area contributed by atoms with E-state index in [0.717, 1.165) is 31.8 Å². The number of benzene rings is 1. The highest BCUT2D eigenvalue weighted by Crippen LogP contribution is 2.19. The van der Waals surface area contributed by atoms with E-state index in [1.165, 1.54) is 0 Å². The molecule has 0 aliphatic carbocycles. The van der Waals surface area contributed by atoms with Gasteiger partial charge in [0.2, 0.25) is 0 Å². The second-order valence-corrected chi connectivity index (χ2v) is 5.77. The number of aliphatic carboxylic acids is 1. The zero-order valence-electron chi connectivity index (χ0n) is 13.6. The van der Waals surface area contributed by atoms with Crippen LogP contribution in [0.15, 0.2) is 24.3 Å². The molecule has 1 aliphatic rings. The van der Waals surface area contributed by atoms with E-state index < -0.39 is 5.97 Å². The summed E-state index contributed by atoms with van der Waals surface area (Å²) in [6.07, 6.45) is 2.50. The summed E-state index contributed by atoms with van der Waals surface area (Å²) in [5.74, 6) is 0.440. The van der Waals surface area contributed by atoms with Gasteiger partial charge < -0.3 is 25.2 Å². The highest BCUT2D eigenvalue weighted by Gasteiger charge is 2.14. The maximum atomic E-state index is 11.7. The number of amides is 2. The van der Waals surface area contributed by atoms with Crippen molar-refractivity contribution in [3.05, 3.63) is 24.3 Å². The molecule has 3 N–H and O–H groups in total. The maximum Gasteiger partial charge on any atom is 0.319 e. The molecular weight excluding hydrogens is 312 g/mol. The van der Waals surface area contributed by atoms with Crippen LogP contribution in [0.25, 0.3) is 0 Å². The summed E-state index contributed by atoms with van der Waals surface area (Å²) in [5, 5.41) is 13.8. The summed E-state index contributed by atoms with van der Waals surface area (Å²) in [6.45, 7) is 2.61. The van der Waals surface area contributed by atoms with Crippen LogP contribution in [-0.2, 0) is 9.53 Å². The Hall–Kier alpha value is -2.28. The minimum absolute atomic E-state index is 0.0411. The van der Waals surface area contributed by atoms with E-state index in [1.807, 2.05) is 12.1 Å². The second kappa shape index (κ2) is 9.77. The molecule has 0 spiro atoms. The molecule has 0 radical (unpaired) electrons. The lowest BCUT2D eigenvalue weighted by Crippen LogP contribution is -2.29. The summed E-state index contributed by atoms with van der Waals surface area (Å²) in [6, 6.07) is 6.83. The average Bonchev–Trinajstić information content (AvgIpc) is 2.59. The Labute approximate surface area is 141 Å². The number of hydrogen-bond donors (Lipinski definition) is 3. The Balaban J connectivity index is 1.67. The summed E-state index contributed by atoms with van der Waals surface area (Å²) < 4.78 is 11.1. The smallest absolute Gasteiger partial charge is 0.319 e. The predicted molar refractivity (Wildman–Crippen MR) is 89.4 cm³/mol. The molecule has 1 heterocycles. The number of nitrogens with one attached hydrogen (secondary N) is 2. The third kappa shape index (κ3) is 6.87. The standard InChI is InChI=1S/C17H24N2O5/c20-16(21)2-1-9-18-17(22)19-14-3-5-15(6-4-14)24-12-13-7-10-23-11-8-13/h3-6,13H,1-2,7-12H2,(H,20,21)(H2,18,19,22). The quantitative estimate of drug-likeness (QED) is 0.634. The van der Waals surface area contributed by atoms with Gasteiger partial charge in [-0.3, -0.25) is 4.79 Å². The lowest BCUT2D eigenvalue weighted by atomic mass is 10.0. The summed E-state index contributed by atoms with van der Waals surface area (Å²) >= 11 is 0. The van der Waals surface area contributed by atoms with Gasteiger partial charge in [-0.25, -0.2) is 4.79 Å². The Morgan fingerprint density at radius 2 is 1.92 bits per heavy atom. The molecule has 7 heteroatoms. The number of hydrogen-bond acceptors (Lipinski definition) is 4. The van der Waals surface area contributed by atoms with Crippen molar-refractivity contribution in [2.24, 2.45) is 5.92 Å². The van der Waals surface area contributed by atoms with Crippen molar-refractivity contribution < 1.29 is 24.2 Å². The zero-order chi connectivity index (χ0) is 17.2. The molecule has 1 aromatic carbocycles. The van der Waals surface area contributed by atoms with E-state index >= 15 is 0 Å². The van der Waals surface area contributed by atoms with Crippen molar-refractivity contribution in [2.75, 3.05) is 31.7 Å². The molecule has 0 atom stereocenters. The lowest BCUT2D eigenvalue weighted by molar-refractivity contribution is -0.137. The first-order valence-electron chi connectivity index (χ1n) is 8.21. The predicted octanol–water partition coefficient (Wildman–Crippen LogP) is 2.48. The molecule has 1 fully saturated rings. The molecule has 1 aromatic rings. The van der Waals surface area contributed by atoms with Crippen LogP contribution in [0.2, 0.25) is 0 Å². The molecule has 7 nitrogen and oxygen atoms in total. The number of anilines is 1. The van der Waals surface area contributed by atoms with Crippen LogP contribution in [0.1, 0.15) is 25.7 Å². The largest absolute Gasteiger partial charge is 0.493 e. The zero-order valence-corrected chi connectivity index (χ0v) is 13.6. The van der Waals surface area contributed by atoms with Crippen molar-refractivity contribution >= 4 is 17.7 Å². The van der Waals surface area contributed by atoms with Gasteiger partial charge in [-0.05, 0) is 49.4 Å². The lowest BCUT2D eigenvalue weighted by Gasteiger charge is -2.22. The minimum Gasteiger partial charge on any atom is -0.493 e. The van der Waals surface area contributed by atoms with Gasteiger partial charge in [0.25, 0.3) is 0 Å². The van der Waals surface area contributed by atoms with Gasteiger partial charge in [0, 0.05) is 31.9 Å². The van der Waals surface area contributed by atoms with E-state index in [0.29, 0.717) is 31.2 Å².